The van der Waals surface area contributed by atoms with Gasteiger partial charge in [0, 0.05) is 6.42 Å². The molecule has 1 aliphatic rings. The van der Waals surface area contributed by atoms with Crippen molar-refractivity contribution in [1.82, 2.24) is 15.5 Å². The molecular weight excluding hydrogens is 504 g/mol. The third kappa shape index (κ3) is 7.26. The number of rotatable bonds is 14. The molecule has 2 aromatic rings. The average Bonchev–Trinajstić information content (AvgIpc) is 3.16. The summed E-state index contributed by atoms with van der Waals surface area (Å²) in [5.41, 5.74) is 17.1. The maximum atomic E-state index is 13.7. The van der Waals surface area contributed by atoms with E-state index < -0.39 is 60.0 Å². The van der Waals surface area contributed by atoms with E-state index >= 15 is 0 Å². The zero-order chi connectivity index (χ0) is 28.5. The van der Waals surface area contributed by atoms with Gasteiger partial charge in [-0.05, 0) is 43.5 Å². The summed E-state index contributed by atoms with van der Waals surface area (Å²) in [7, 11) is 0. The van der Waals surface area contributed by atoms with Crippen LogP contribution in [0.4, 0.5) is 0 Å². The minimum atomic E-state index is -1.37. The lowest BCUT2D eigenvalue weighted by atomic mass is 10.0. The summed E-state index contributed by atoms with van der Waals surface area (Å²) < 4.78 is 0. The van der Waals surface area contributed by atoms with Gasteiger partial charge in [-0.2, -0.15) is 0 Å². The molecule has 6 amide bonds. The summed E-state index contributed by atoms with van der Waals surface area (Å²) >= 11 is 0. The van der Waals surface area contributed by atoms with Crippen LogP contribution in [0.1, 0.15) is 52.0 Å². The van der Waals surface area contributed by atoms with Crippen LogP contribution in [-0.4, -0.2) is 65.0 Å². The molecule has 8 N–H and O–H groups in total. The number of unbranched alkanes of at least 4 members (excludes halogenated alkanes) is 1. The Balaban J connectivity index is 1.89. The van der Waals surface area contributed by atoms with Crippen LogP contribution in [0.25, 0.3) is 0 Å². The number of carbonyl (C=O) groups is 6. The van der Waals surface area contributed by atoms with Crippen LogP contribution in [0.2, 0.25) is 0 Å². The number of hydrogen-bond acceptors (Lipinski definition) is 7. The van der Waals surface area contributed by atoms with Crippen LogP contribution in [0.5, 0.6) is 0 Å². The van der Waals surface area contributed by atoms with E-state index in [0.717, 1.165) is 4.90 Å². The zero-order valence-electron chi connectivity index (χ0n) is 21.3. The summed E-state index contributed by atoms with van der Waals surface area (Å²) in [6.07, 6.45) is 0.614. The second-order valence-corrected chi connectivity index (χ2v) is 9.21. The van der Waals surface area contributed by atoms with Crippen molar-refractivity contribution in [1.29, 1.82) is 0 Å². The SMILES string of the molecule is NCCCC[C@H](NC(=O)[C@H](Cc1ccccc1)N1C(=O)c2ccccc2C1=O)C(=O)N[C@@H](CC(N)=O)C(N)=O. The number of primary amides is 2. The number of imide groups is 1. The molecule has 0 aliphatic carbocycles. The molecule has 0 fully saturated rings. The maximum Gasteiger partial charge on any atom is 0.262 e. The van der Waals surface area contributed by atoms with Gasteiger partial charge >= 0.3 is 0 Å². The third-order valence-electron chi connectivity index (χ3n) is 6.36. The number of benzene rings is 2. The Hall–Kier alpha value is -4.58. The van der Waals surface area contributed by atoms with Gasteiger partial charge in [-0.1, -0.05) is 42.5 Å². The topological polar surface area (TPSA) is 208 Å². The monoisotopic (exact) mass is 536 g/mol. The average molecular weight is 537 g/mol. The maximum absolute atomic E-state index is 13.7. The van der Waals surface area contributed by atoms with Crippen molar-refractivity contribution in [2.24, 2.45) is 17.2 Å². The lowest BCUT2D eigenvalue weighted by molar-refractivity contribution is -0.133. The van der Waals surface area contributed by atoms with Crippen molar-refractivity contribution < 1.29 is 28.8 Å². The first kappa shape index (κ1) is 29.0. The van der Waals surface area contributed by atoms with Crippen molar-refractivity contribution in [2.75, 3.05) is 6.54 Å². The Morgan fingerprint density at radius 2 is 1.33 bits per heavy atom. The quantitative estimate of drug-likeness (QED) is 0.156. The largest absolute Gasteiger partial charge is 0.370 e. The van der Waals surface area contributed by atoms with Crippen LogP contribution < -0.4 is 27.8 Å². The third-order valence-corrected chi connectivity index (χ3v) is 6.36. The minimum Gasteiger partial charge on any atom is -0.370 e. The second-order valence-electron chi connectivity index (χ2n) is 9.21. The first-order valence-electron chi connectivity index (χ1n) is 12.5. The van der Waals surface area contributed by atoms with Gasteiger partial charge in [0.05, 0.1) is 17.5 Å². The Kier molecular flexibility index (Phi) is 9.87. The first-order valence-corrected chi connectivity index (χ1v) is 12.5. The molecule has 12 nitrogen and oxygen atoms in total. The van der Waals surface area contributed by atoms with Crippen molar-refractivity contribution in [3.8, 4) is 0 Å². The van der Waals surface area contributed by atoms with Gasteiger partial charge in [0.2, 0.25) is 23.6 Å². The highest BCUT2D eigenvalue weighted by Gasteiger charge is 2.43. The van der Waals surface area contributed by atoms with E-state index in [0.29, 0.717) is 24.9 Å². The zero-order valence-corrected chi connectivity index (χ0v) is 21.3. The Morgan fingerprint density at radius 1 is 0.769 bits per heavy atom. The molecule has 39 heavy (non-hydrogen) atoms. The highest BCUT2D eigenvalue weighted by atomic mass is 16.2. The highest BCUT2D eigenvalue weighted by molar-refractivity contribution is 6.23. The van der Waals surface area contributed by atoms with E-state index in [-0.39, 0.29) is 24.0 Å². The number of fused-ring (bicyclic) bond motifs is 1. The van der Waals surface area contributed by atoms with Gasteiger partial charge in [0.1, 0.15) is 18.1 Å². The molecule has 0 radical (unpaired) electrons. The van der Waals surface area contributed by atoms with Gasteiger partial charge < -0.3 is 27.8 Å². The van der Waals surface area contributed by atoms with Crippen molar-refractivity contribution in [2.45, 2.75) is 50.2 Å². The Morgan fingerprint density at radius 3 is 1.87 bits per heavy atom. The van der Waals surface area contributed by atoms with Crippen LogP contribution >= 0.6 is 0 Å². The molecule has 2 aromatic carbocycles. The number of nitrogens with two attached hydrogens (primary N) is 3. The Labute approximate surface area is 225 Å². The molecular formula is C27H32N6O6. The van der Waals surface area contributed by atoms with Crippen molar-refractivity contribution >= 4 is 35.4 Å². The molecule has 1 aliphatic heterocycles. The standard InChI is InChI=1S/C27H32N6O6/c28-13-7-6-12-19(24(36)32-20(23(30)35)15-22(29)34)31-25(37)21(14-16-8-2-1-3-9-16)33-26(38)17-10-4-5-11-18(17)27(33)39/h1-5,8-11,19-21H,6-7,12-15,28H2,(H2,29,34)(H2,30,35)(H,31,37)(H,32,36)/t19-,20-,21-/m0/s1. The second kappa shape index (κ2) is 13.3. The van der Waals surface area contributed by atoms with E-state index in [1.165, 1.54) is 12.1 Å². The lowest BCUT2D eigenvalue weighted by Gasteiger charge is -2.28. The fourth-order valence-corrected chi connectivity index (χ4v) is 4.36. The summed E-state index contributed by atoms with van der Waals surface area (Å²) in [6, 6.07) is 11.3. The summed E-state index contributed by atoms with van der Waals surface area (Å²) in [5.74, 6) is -4.58. The van der Waals surface area contributed by atoms with E-state index in [9.17, 15) is 28.8 Å². The van der Waals surface area contributed by atoms with Gasteiger partial charge in [-0.3, -0.25) is 33.7 Å². The van der Waals surface area contributed by atoms with Crippen LogP contribution in [0, 0.1) is 0 Å². The molecule has 0 saturated carbocycles. The number of hydrogen-bond donors (Lipinski definition) is 5. The van der Waals surface area contributed by atoms with E-state index in [1.54, 1.807) is 42.5 Å². The molecule has 1 heterocycles. The molecule has 0 aromatic heterocycles. The predicted molar refractivity (Wildman–Crippen MR) is 141 cm³/mol. The molecule has 3 rings (SSSR count). The predicted octanol–water partition coefficient (Wildman–Crippen LogP) is -0.647. The molecule has 0 bridgehead atoms. The van der Waals surface area contributed by atoms with Crippen molar-refractivity contribution in [3.63, 3.8) is 0 Å². The van der Waals surface area contributed by atoms with E-state index in [4.69, 9.17) is 17.2 Å². The number of amides is 6. The fraction of sp³-hybridized carbons (Fsp3) is 0.333. The van der Waals surface area contributed by atoms with Gasteiger partial charge in [-0.25, -0.2) is 0 Å². The molecule has 3 atom stereocenters. The lowest BCUT2D eigenvalue weighted by Crippen LogP contribution is -2.58. The highest BCUT2D eigenvalue weighted by Crippen LogP contribution is 2.26. The molecule has 0 saturated heterocycles. The van der Waals surface area contributed by atoms with Crippen LogP contribution in [0.3, 0.4) is 0 Å². The van der Waals surface area contributed by atoms with Gasteiger partial charge in [0.15, 0.2) is 0 Å². The molecule has 0 spiro atoms. The summed E-state index contributed by atoms with van der Waals surface area (Å²) in [5, 5.41) is 4.99. The summed E-state index contributed by atoms with van der Waals surface area (Å²) in [6.45, 7) is 0.347. The fourth-order valence-electron chi connectivity index (χ4n) is 4.36. The van der Waals surface area contributed by atoms with Gasteiger partial charge in [-0.15, -0.1) is 0 Å². The summed E-state index contributed by atoms with van der Waals surface area (Å²) in [4.78, 5) is 77.3. The number of carbonyl (C=O) groups excluding carboxylic acids is 6. The van der Waals surface area contributed by atoms with Crippen molar-refractivity contribution in [3.05, 3.63) is 71.3 Å². The van der Waals surface area contributed by atoms with E-state index in [1.807, 2.05) is 0 Å². The van der Waals surface area contributed by atoms with Crippen LogP contribution in [-0.2, 0) is 25.6 Å². The number of nitrogens with one attached hydrogen (secondary N) is 2. The minimum absolute atomic E-state index is 0.000860. The Bertz CT molecular complexity index is 1220. The van der Waals surface area contributed by atoms with E-state index in [2.05, 4.69) is 10.6 Å². The van der Waals surface area contributed by atoms with Gasteiger partial charge in [0.25, 0.3) is 11.8 Å². The molecule has 206 valence electrons. The van der Waals surface area contributed by atoms with Crippen LogP contribution in [0.15, 0.2) is 54.6 Å². The first-order chi connectivity index (χ1) is 18.6. The normalized spacial score (nSPS) is 14.7. The number of nitrogens with zero attached hydrogens (tertiary/aromatic N) is 1. The smallest absolute Gasteiger partial charge is 0.262 e. The molecule has 0 unspecified atom stereocenters. The molecule has 12 heteroatoms.